The van der Waals surface area contributed by atoms with Crippen LogP contribution in [0.3, 0.4) is 0 Å². The van der Waals surface area contributed by atoms with Gasteiger partial charge in [-0.05, 0) is 43.2 Å². The summed E-state index contributed by atoms with van der Waals surface area (Å²) in [4.78, 5) is 14.9. The largest absolute Gasteiger partial charge is 0.381 e. The van der Waals surface area contributed by atoms with Crippen molar-refractivity contribution in [3.8, 4) is 0 Å². The number of fused-ring (bicyclic) bond motifs is 1. The number of carbonyl (C=O) groups excluding carboxylic acids is 1. The summed E-state index contributed by atoms with van der Waals surface area (Å²) in [6, 6.07) is 10.1. The molecule has 1 atom stereocenters. The summed E-state index contributed by atoms with van der Waals surface area (Å²) >= 11 is 0. The number of nitrogens with one attached hydrogen (secondary N) is 3. The molecule has 8 nitrogen and oxygen atoms in total. The molecule has 160 valence electrons. The molecule has 3 aliphatic heterocycles. The molecule has 1 spiro atoms. The summed E-state index contributed by atoms with van der Waals surface area (Å²) in [6.07, 6.45) is 5.24. The Morgan fingerprint density at radius 1 is 1.23 bits per heavy atom. The number of azo groups is 1. The van der Waals surface area contributed by atoms with Crippen molar-refractivity contribution in [2.45, 2.75) is 56.5 Å². The highest BCUT2D eigenvalue weighted by atomic mass is 16.5. The predicted molar refractivity (Wildman–Crippen MR) is 113 cm³/mol. The average Bonchev–Trinajstić information content (AvgIpc) is 3.10. The molecular weight excluding hydrogens is 380 g/mol. The average molecular weight is 411 g/mol. The molecule has 1 aromatic carbocycles. The van der Waals surface area contributed by atoms with Crippen LogP contribution in [0.4, 0.5) is 4.79 Å². The maximum Gasteiger partial charge on any atom is 0.362 e. The minimum atomic E-state index is -0.226. The fourth-order valence-electron chi connectivity index (χ4n) is 5.03. The normalized spacial score (nSPS) is 26.0. The molecule has 30 heavy (non-hydrogen) atoms. The standard InChI is InChI=1S/C22H30N6O2/c29-21(27-24-13-16-5-2-1-3-6-16)28-15-19-18(22(28)9-4-10-22)14-23-20(26-19)25-17-7-11-30-12-8-17/h1-3,5-6,17,20,23,25-26H,4,7-15H2. The lowest BCUT2D eigenvalue weighted by atomic mass is 9.71. The maximum absolute atomic E-state index is 12.9. The minimum Gasteiger partial charge on any atom is -0.381 e. The van der Waals surface area contributed by atoms with Gasteiger partial charge in [0.25, 0.3) is 0 Å². The number of urea groups is 1. The first-order valence-corrected chi connectivity index (χ1v) is 11.0. The quantitative estimate of drug-likeness (QED) is 0.664. The molecule has 3 heterocycles. The Labute approximate surface area is 177 Å². The van der Waals surface area contributed by atoms with Crippen LogP contribution in [0.1, 0.15) is 37.7 Å². The van der Waals surface area contributed by atoms with E-state index in [0.717, 1.165) is 57.4 Å². The van der Waals surface area contributed by atoms with Gasteiger partial charge in [-0.15, -0.1) is 0 Å². The highest BCUT2D eigenvalue weighted by Crippen LogP contribution is 2.49. The summed E-state index contributed by atoms with van der Waals surface area (Å²) in [6.45, 7) is 3.45. The first-order valence-electron chi connectivity index (χ1n) is 11.0. The van der Waals surface area contributed by atoms with Gasteiger partial charge in [-0.25, -0.2) is 4.79 Å². The topological polar surface area (TPSA) is 90.4 Å². The summed E-state index contributed by atoms with van der Waals surface area (Å²) in [7, 11) is 0. The van der Waals surface area contributed by atoms with Crippen LogP contribution >= 0.6 is 0 Å². The smallest absolute Gasteiger partial charge is 0.362 e. The number of hydrogen-bond acceptors (Lipinski definition) is 6. The molecule has 2 amide bonds. The third-order valence-corrected chi connectivity index (χ3v) is 6.85. The van der Waals surface area contributed by atoms with Crippen molar-refractivity contribution < 1.29 is 9.53 Å². The van der Waals surface area contributed by atoms with Gasteiger partial charge in [0.05, 0.1) is 18.6 Å². The molecule has 1 unspecified atom stereocenters. The van der Waals surface area contributed by atoms with Gasteiger partial charge in [-0.1, -0.05) is 35.4 Å². The molecule has 1 aliphatic carbocycles. The van der Waals surface area contributed by atoms with Crippen LogP contribution in [-0.4, -0.2) is 55.1 Å². The Morgan fingerprint density at radius 3 is 2.77 bits per heavy atom. The zero-order valence-corrected chi connectivity index (χ0v) is 17.3. The highest BCUT2D eigenvalue weighted by molar-refractivity contribution is 5.78. The van der Waals surface area contributed by atoms with Crippen LogP contribution in [0.2, 0.25) is 0 Å². The minimum absolute atomic E-state index is 0.0266. The van der Waals surface area contributed by atoms with E-state index < -0.39 is 0 Å². The van der Waals surface area contributed by atoms with Gasteiger partial charge in [0.2, 0.25) is 0 Å². The highest BCUT2D eigenvalue weighted by Gasteiger charge is 2.54. The number of ether oxygens (including phenoxy) is 1. The Bertz CT molecular complexity index is 829. The molecule has 1 saturated carbocycles. The van der Waals surface area contributed by atoms with Crippen LogP contribution in [0.25, 0.3) is 0 Å². The maximum atomic E-state index is 12.9. The van der Waals surface area contributed by atoms with Gasteiger partial charge in [-0.3, -0.25) is 10.6 Å². The molecule has 0 aromatic heterocycles. The van der Waals surface area contributed by atoms with Gasteiger partial charge < -0.3 is 15.0 Å². The predicted octanol–water partition coefficient (Wildman–Crippen LogP) is 2.50. The van der Waals surface area contributed by atoms with E-state index in [1.165, 1.54) is 11.3 Å². The number of nitrogens with zero attached hydrogens (tertiary/aromatic N) is 3. The number of hydrogen-bond donors (Lipinski definition) is 3. The number of amides is 2. The van der Waals surface area contributed by atoms with Gasteiger partial charge >= 0.3 is 6.03 Å². The molecule has 0 bridgehead atoms. The molecule has 2 fully saturated rings. The van der Waals surface area contributed by atoms with Crippen molar-refractivity contribution in [3.05, 3.63) is 47.2 Å². The van der Waals surface area contributed by atoms with Gasteiger partial charge in [-0.2, -0.15) is 5.11 Å². The lowest BCUT2D eigenvalue weighted by Crippen LogP contribution is -2.61. The number of carbonyl (C=O) groups is 1. The Kier molecular flexibility index (Phi) is 5.54. The lowest BCUT2D eigenvalue weighted by molar-refractivity contribution is 0.0718. The fourth-order valence-corrected chi connectivity index (χ4v) is 5.03. The summed E-state index contributed by atoms with van der Waals surface area (Å²) in [5.74, 6) is 0. The van der Waals surface area contributed by atoms with Crippen molar-refractivity contribution in [1.82, 2.24) is 20.9 Å². The van der Waals surface area contributed by atoms with E-state index in [2.05, 4.69) is 26.2 Å². The number of benzene rings is 1. The Balaban J connectivity index is 1.23. The number of rotatable bonds is 4. The Morgan fingerprint density at radius 2 is 2.03 bits per heavy atom. The third kappa shape index (κ3) is 3.75. The molecule has 1 aromatic rings. The summed E-state index contributed by atoms with van der Waals surface area (Å²) in [5, 5.41) is 19.1. The Hall–Kier alpha value is -2.29. The first-order chi connectivity index (χ1) is 14.7. The van der Waals surface area contributed by atoms with Gasteiger partial charge in [0.15, 0.2) is 0 Å². The first kappa shape index (κ1) is 19.7. The third-order valence-electron chi connectivity index (χ3n) is 6.85. The van der Waals surface area contributed by atoms with Crippen LogP contribution in [-0.2, 0) is 11.3 Å². The van der Waals surface area contributed by atoms with Gasteiger partial charge in [0.1, 0.15) is 6.29 Å². The van der Waals surface area contributed by atoms with Crippen LogP contribution in [0.5, 0.6) is 0 Å². The second kappa shape index (κ2) is 8.45. The fraction of sp³-hybridized carbons (Fsp3) is 0.591. The molecule has 4 aliphatic rings. The molecular formula is C22H30N6O2. The molecule has 1 saturated heterocycles. The van der Waals surface area contributed by atoms with Crippen molar-refractivity contribution >= 4 is 6.03 Å². The van der Waals surface area contributed by atoms with Gasteiger partial charge in [0, 0.05) is 31.5 Å². The van der Waals surface area contributed by atoms with Crippen molar-refractivity contribution in [2.75, 3.05) is 26.3 Å². The van der Waals surface area contributed by atoms with E-state index in [9.17, 15) is 4.79 Å². The zero-order valence-electron chi connectivity index (χ0n) is 17.3. The van der Waals surface area contributed by atoms with E-state index in [0.29, 0.717) is 19.1 Å². The summed E-state index contributed by atoms with van der Waals surface area (Å²) < 4.78 is 5.45. The van der Waals surface area contributed by atoms with E-state index in [-0.39, 0.29) is 17.9 Å². The van der Waals surface area contributed by atoms with Crippen LogP contribution in [0, 0.1) is 0 Å². The molecule has 0 radical (unpaired) electrons. The second-order valence-corrected chi connectivity index (χ2v) is 8.61. The van der Waals surface area contributed by atoms with Crippen LogP contribution in [0.15, 0.2) is 51.8 Å². The van der Waals surface area contributed by atoms with Crippen molar-refractivity contribution in [2.24, 2.45) is 10.2 Å². The molecule has 5 rings (SSSR count). The second-order valence-electron chi connectivity index (χ2n) is 8.61. The lowest BCUT2D eigenvalue weighted by Gasteiger charge is -2.47. The monoisotopic (exact) mass is 410 g/mol. The van der Waals surface area contributed by atoms with E-state index >= 15 is 0 Å². The molecule has 3 N–H and O–H groups in total. The van der Waals surface area contributed by atoms with Crippen molar-refractivity contribution in [1.29, 1.82) is 0 Å². The van der Waals surface area contributed by atoms with E-state index in [1.54, 1.807) is 0 Å². The SMILES string of the molecule is O=C(N=NCc1ccccc1)N1CC2=C(CNC(NC3CCOCC3)N2)C12CCC2. The molecule has 8 heteroatoms. The summed E-state index contributed by atoms with van der Waals surface area (Å²) in [5.41, 5.74) is 3.37. The van der Waals surface area contributed by atoms with Crippen LogP contribution < -0.4 is 16.0 Å². The van der Waals surface area contributed by atoms with Crippen molar-refractivity contribution in [3.63, 3.8) is 0 Å². The van der Waals surface area contributed by atoms with E-state index in [4.69, 9.17) is 4.74 Å². The zero-order chi connectivity index (χ0) is 20.4. The van der Waals surface area contributed by atoms with E-state index in [1.807, 2.05) is 35.2 Å².